The molecule has 0 aliphatic rings. The third-order valence-electron chi connectivity index (χ3n) is 1.00. The normalized spacial score (nSPS) is 12.6. The zero-order valence-electron chi connectivity index (χ0n) is 5.59. The van der Waals surface area contributed by atoms with Crippen LogP contribution in [0.3, 0.4) is 0 Å². The van der Waals surface area contributed by atoms with Crippen molar-refractivity contribution < 1.29 is 10.2 Å². The fourth-order valence-corrected chi connectivity index (χ4v) is 0.420. The maximum absolute atomic E-state index is 8.84. The molecule has 0 saturated carbocycles. The standard InChI is InChI=1S/C7H12O2/c1-3-4-5-7(9)6(2)8/h3,8-9H,1,4-5H2,2H3/b7-6-. The molecule has 0 unspecified atom stereocenters. The molecule has 0 radical (unpaired) electrons. The molecule has 0 aromatic heterocycles. The van der Waals surface area contributed by atoms with Gasteiger partial charge in [0.15, 0.2) is 0 Å². The van der Waals surface area contributed by atoms with E-state index in [0.717, 1.165) is 0 Å². The summed E-state index contributed by atoms with van der Waals surface area (Å²) in [5, 5.41) is 17.5. The summed E-state index contributed by atoms with van der Waals surface area (Å²) >= 11 is 0. The lowest BCUT2D eigenvalue weighted by molar-refractivity contribution is 0.313. The van der Waals surface area contributed by atoms with E-state index in [0.29, 0.717) is 12.8 Å². The van der Waals surface area contributed by atoms with Crippen LogP contribution in [0.2, 0.25) is 0 Å². The summed E-state index contributed by atoms with van der Waals surface area (Å²) in [5.41, 5.74) is 0. The molecule has 0 aliphatic heterocycles. The van der Waals surface area contributed by atoms with E-state index in [4.69, 9.17) is 10.2 Å². The zero-order valence-corrected chi connectivity index (χ0v) is 5.59. The Balaban J connectivity index is 3.62. The molecular weight excluding hydrogens is 116 g/mol. The highest BCUT2D eigenvalue weighted by Crippen LogP contribution is 2.04. The van der Waals surface area contributed by atoms with Crippen molar-refractivity contribution in [3.8, 4) is 0 Å². The average molecular weight is 128 g/mol. The molecule has 2 N–H and O–H groups in total. The van der Waals surface area contributed by atoms with Crippen LogP contribution >= 0.6 is 0 Å². The molecule has 0 bridgehead atoms. The minimum atomic E-state index is -0.00292. The molecule has 0 atom stereocenters. The van der Waals surface area contributed by atoms with Crippen LogP contribution in [0.5, 0.6) is 0 Å². The Kier molecular flexibility index (Phi) is 3.60. The van der Waals surface area contributed by atoms with Crippen molar-refractivity contribution in [2.75, 3.05) is 0 Å². The number of hydrogen-bond acceptors (Lipinski definition) is 2. The van der Waals surface area contributed by atoms with Gasteiger partial charge in [-0.2, -0.15) is 0 Å². The monoisotopic (exact) mass is 128 g/mol. The fourth-order valence-electron chi connectivity index (χ4n) is 0.420. The molecule has 0 fully saturated rings. The van der Waals surface area contributed by atoms with Gasteiger partial charge in [0.05, 0.1) is 0 Å². The molecule has 0 amide bonds. The van der Waals surface area contributed by atoms with Gasteiger partial charge in [-0.1, -0.05) is 6.08 Å². The first-order valence-corrected chi connectivity index (χ1v) is 2.87. The molecule has 0 rings (SSSR count). The quantitative estimate of drug-likeness (QED) is 0.452. The van der Waals surface area contributed by atoms with Crippen LogP contribution in [0, 0.1) is 0 Å². The second kappa shape index (κ2) is 4.01. The number of hydrogen-bond donors (Lipinski definition) is 2. The highest BCUT2D eigenvalue weighted by Gasteiger charge is 1.94. The molecule has 0 aromatic carbocycles. The van der Waals surface area contributed by atoms with E-state index in [1.807, 2.05) is 0 Å². The van der Waals surface area contributed by atoms with Crippen molar-refractivity contribution in [1.29, 1.82) is 0 Å². The molecule has 2 nitrogen and oxygen atoms in total. The van der Waals surface area contributed by atoms with Crippen molar-refractivity contribution >= 4 is 0 Å². The molecule has 2 heteroatoms. The summed E-state index contributed by atoms with van der Waals surface area (Å²) in [4.78, 5) is 0. The van der Waals surface area contributed by atoms with Gasteiger partial charge in [-0.25, -0.2) is 0 Å². The van der Waals surface area contributed by atoms with Crippen molar-refractivity contribution in [3.05, 3.63) is 24.2 Å². The summed E-state index contributed by atoms with van der Waals surface area (Å²) in [5.74, 6) is 0.0479. The van der Waals surface area contributed by atoms with Crippen molar-refractivity contribution in [2.45, 2.75) is 19.8 Å². The Bertz CT molecular complexity index is 121. The molecule has 0 heterocycles. The first kappa shape index (κ1) is 8.08. The Morgan fingerprint density at radius 2 is 2.11 bits per heavy atom. The van der Waals surface area contributed by atoms with Crippen LogP contribution in [0.4, 0.5) is 0 Å². The van der Waals surface area contributed by atoms with E-state index in [9.17, 15) is 0 Å². The maximum Gasteiger partial charge on any atom is 0.130 e. The summed E-state index contributed by atoms with van der Waals surface area (Å²) in [7, 11) is 0. The molecule has 0 aliphatic carbocycles. The van der Waals surface area contributed by atoms with E-state index < -0.39 is 0 Å². The number of rotatable bonds is 3. The average Bonchev–Trinajstić information content (AvgIpc) is 1.82. The summed E-state index contributed by atoms with van der Waals surface area (Å²) in [6.45, 7) is 4.93. The van der Waals surface area contributed by atoms with E-state index in [1.165, 1.54) is 6.92 Å². The minimum absolute atomic E-state index is 0.00292. The third kappa shape index (κ3) is 3.64. The van der Waals surface area contributed by atoms with Gasteiger partial charge < -0.3 is 10.2 Å². The molecule has 52 valence electrons. The van der Waals surface area contributed by atoms with Gasteiger partial charge in [-0.15, -0.1) is 6.58 Å². The summed E-state index contributed by atoms with van der Waals surface area (Å²) in [6.07, 6.45) is 2.87. The lowest BCUT2D eigenvalue weighted by Crippen LogP contribution is -1.85. The first-order chi connectivity index (χ1) is 4.18. The van der Waals surface area contributed by atoms with Gasteiger partial charge in [0.1, 0.15) is 11.5 Å². The largest absolute Gasteiger partial charge is 0.509 e. The van der Waals surface area contributed by atoms with Crippen LogP contribution in [-0.4, -0.2) is 10.2 Å². The lowest BCUT2D eigenvalue weighted by atomic mass is 10.2. The Labute approximate surface area is 55.1 Å². The summed E-state index contributed by atoms with van der Waals surface area (Å²) < 4.78 is 0. The van der Waals surface area contributed by atoms with Crippen LogP contribution in [0.25, 0.3) is 0 Å². The van der Waals surface area contributed by atoms with E-state index in [2.05, 4.69) is 6.58 Å². The number of aliphatic hydroxyl groups is 2. The van der Waals surface area contributed by atoms with Gasteiger partial charge in [0.25, 0.3) is 0 Å². The van der Waals surface area contributed by atoms with Crippen molar-refractivity contribution in [2.24, 2.45) is 0 Å². The van der Waals surface area contributed by atoms with Crippen molar-refractivity contribution in [1.82, 2.24) is 0 Å². The second-order valence-corrected chi connectivity index (χ2v) is 1.86. The first-order valence-electron chi connectivity index (χ1n) is 2.87. The van der Waals surface area contributed by atoms with Crippen molar-refractivity contribution in [3.63, 3.8) is 0 Å². The van der Waals surface area contributed by atoms with E-state index >= 15 is 0 Å². The van der Waals surface area contributed by atoms with Gasteiger partial charge in [-0.05, 0) is 13.3 Å². The smallest absolute Gasteiger partial charge is 0.130 e. The topological polar surface area (TPSA) is 40.5 Å². The highest BCUT2D eigenvalue weighted by atomic mass is 16.3. The number of aliphatic hydroxyl groups excluding tert-OH is 2. The molecule has 0 spiro atoms. The van der Waals surface area contributed by atoms with Crippen LogP contribution < -0.4 is 0 Å². The molecule has 9 heavy (non-hydrogen) atoms. The Morgan fingerprint density at radius 3 is 2.44 bits per heavy atom. The number of allylic oxidation sites excluding steroid dienone is 3. The molecular formula is C7H12O2. The van der Waals surface area contributed by atoms with Crippen LogP contribution in [0.15, 0.2) is 24.2 Å². The SMILES string of the molecule is C=CCC/C(O)=C(\C)O. The second-order valence-electron chi connectivity index (χ2n) is 1.86. The van der Waals surface area contributed by atoms with E-state index in [-0.39, 0.29) is 11.5 Å². The Hall–Kier alpha value is -0.920. The molecule has 0 aromatic rings. The lowest BCUT2D eigenvalue weighted by Gasteiger charge is -1.96. The highest BCUT2D eigenvalue weighted by molar-refractivity contribution is 4.95. The predicted molar refractivity (Wildman–Crippen MR) is 37.4 cm³/mol. The van der Waals surface area contributed by atoms with Gasteiger partial charge in [0, 0.05) is 6.42 Å². The van der Waals surface area contributed by atoms with Gasteiger partial charge in [0.2, 0.25) is 0 Å². The van der Waals surface area contributed by atoms with Crippen LogP contribution in [-0.2, 0) is 0 Å². The maximum atomic E-state index is 8.84. The molecule has 0 saturated heterocycles. The summed E-state index contributed by atoms with van der Waals surface area (Å²) in [6, 6.07) is 0. The fraction of sp³-hybridized carbons (Fsp3) is 0.429. The van der Waals surface area contributed by atoms with Gasteiger partial charge in [-0.3, -0.25) is 0 Å². The van der Waals surface area contributed by atoms with Gasteiger partial charge >= 0.3 is 0 Å². The van der Waals surface area contributed by atoms with Crippen LogP contribution in [0.1, 0.15) is 19.8 Å². The third-order valence-corrected chi connectivity index (χ3v) is 1.00. The zero-order chi connectivity index (χ0) is 7.28. The Morgan fingerprint density at radius 1 is 1.56 bits per heavy atom. The van der Waals surface area contributed by atoms with E-state index in [1.54, 1.807) is 6.08 Å². The predicted octanol–water partition coefficient (Wildman–Crippen LogP) is 2.30. The minimum Gasteiger partial charge on any atom is -0.509 e.